The number of amides is 1. The molecule has 0 saturated carbocycles. The second-order valence-electron chi connectivity index (χ2n) is 9.20. The maximum atomic E-state index is 12.9. The number of carbonyl (C=O) groups is 2. The Morgan fingerprint density at radius 3 is 2.47 bits per heavy atom. The summed E-state index contributed by atoms with van der Waals surface area (Å²) < 4.78 is 4.83. The molecule has 1 aromatic carbocycles. The van der Waals surface area contributed by atoms with E-state index in [4.69, 9.17) is 16.3 Å². The van der Waals surface area contributed by atoms with Crippen LogP contribution in [0.2, 0.25) is 0 Å². The molecule has 2 aliphatic heterocycles. The van der Waals surface area contributed by atoms with E-state index in [0.717, 1.165) is 23.1 Å². The van der Waals surface area contributed by atoms with Crippen molar-refractivity contribution in [2.24, 2.45) is 0 Å². The first-order valence-electron chi connectivity index (χ1n) is 12.9. The van der Waals surface area contributed by atoms with Crippen LogP contribution in [0.15, 0.2) is 70.6 Å². The molecule has 2 heterocycles. The quantitative estimate of drug-likeness (QED) is 0.266. The van der Waals surface area contributed by atoms with Crippen molar-refractivity contribution in [1.29, 1.82) is 0 Å². The normalized spacial score (nSPS) is 15.8. The Kier molecular flexibility index (Phi) is 12.6. The second-order valence-corrected chi connectivity index (χ2v) is 9.58. The summed E-state index contributed by atoms with van der Waals surface area (Å²) >= 11 is 6.05. The molecule has 2 aliphatic rings. The largest absolute Gasteiger partial charge is 0.466 e. The smallest absolute Gasteiger partial charge is 0.335 e. The highest BCUT2D eigenvalue weighted by Crippen LogP contribution is 2.18. The number of esters is 1. The van der Waals surface area contributed by atoms with Crippen LogP contribution in [0.5, 0.6) is 0 Å². The fraction of sp³-hybridized carbons (Fsp3) is 0.448. The monoisotopic (exact) mass is 544 g/mol. The number of hydrogen-bond donors (Lipinski definition) is 2. The Balaban J connectivity index is 0.00000247. The van der Waals surface area contributed by atoms with Gasteiger partial charge < -0.3 is 29.9 Å². The third kappa shape index (κ3) is 9.04. The summed E-state index contributed by atoms with van der Waals surface area (Å²) in [7, 11) is 6.88. The molecule has 0 bridgehead atoms. The number of halogens is 1. The number of hydrogen-bond acceptors (Lipinski definition) is 7. The standard InChI is InChI=1S/C27H35ClN4O4.C2H6/c1-30-15-20(13-23(17-30)27(35)36-4)16-32(3)26(34)21-7-5-19(6-8-21)11-12-29-14-24(33)22-9-10-25(28)31(2)18-22;1-2/h5-10,13,15,24,29,33H,11-12,14,16-18H2,1-4H3;1-2H3. The lowest BCUT2D eigenvalue weighted by atomic mass is 10.1. The topological polar surface area (TPSA) is 85.3 Å². The third-order valence-electron chi connectivity index (χ3n) is 6.16. The summed E-state index contributed by atoms with van der Waals surface area (Å²) in [5.41, 5.74) is 4.05. The molecule has 8 nitrogen and oxygen atoms in total. The molecule has 0 fully saturated rings. The molecule has 0 aliphatic carbocycles. The maximum absolute atomic E-state index is 12.9. The minimum atomic E-state index is -0.568. The van der Waals surface area contributed by atoms with Crippen molar-refractivity contribution >= 4 is 23.5 Å². The van der Waals surface area contributed by atoms with Crippen molar-refractivity contribution in [3.8, 4) is 0 Å². The van der Waals surface area contributed by atoms with E-state index in [1.807, 2.05) is 74.3 Å². The van der Waals surface area contributed by atoms with Crippen LogP contribution in [0.25, 0.3) is 0 Å². The number of rotatable bonds is 10. The number of aliphatic hydroxyl groups is 1. The Hall–Kier alpha value is -3.07. The van der Waals surface area contributed by atoms with Gasteiger partial charge >= 0.3 is 5.97 Å². The molecule has 2 N–H and O–H groups in total. The number of likely N-dealkylation sites (N-methyl/N-ethyl adjacent to an activating group) is 3. The second kappa shape index (κ2) is 15.4. The van der Waals surface area contributed by atoms with Gasteiger partial charge in [0, 0.05) is 59.1 Å². The SMILES string of the molecule is CC.COC(=O)C1=CC(CN(C)C(=O)c2ccc(CCNCC(O)C3=CC=C(Cl)N(C)C3)cc2)=CN(C)C1. The average Bonchev–Trinajstić information content (AvgIpc) is 2.92. The molecule has 3 rings (SSSR count). The van der Waals surface area contributed by atoms with Crippen LogP contribution >= 0.6 is 11.6 Å². The van der Waals surface area contributed by atoms with Crippen molar-refractivity contribution < 1.29 is 19.4 Å². The Labute approximate surface area is 231 Å². The van der Waals surface area contributed by atoms with Gasteiger partial charge in [0.2, 0.25) is 0 Å². The molecule has 0 spiro atoms. The van der Waals surface area contributed by atoms with Crippen LogP contribution in [-0.2, 0) is 16.0 Å². The van der Waals surface area contributed by atoms with E-state index in [2.05, 4.69) is 5.32 Å². The first-order valence-corrected chi connectivity index (χ1v) is 13.3. The van der Waals surface area contributed by atoms with Crippen LogP contribution in [0.1, 0.15) is 29.8 Å². The van der Waals surface area contributed by atoms with Crippen molar-refractivity contribution in [1.82, 2.24) is 20.0 Å². The molecule has 0 aromatic heterocycles. The van der Waals surface area contributed by atoms with Crippen LogP contribution < -0.4 is 5.32 Å². The minimum Gasteiger partial charge on any atom is -0.466 e. The number of nitrogens with zero attached hydrogens (tertiary/aromatic N) is 3. The summed E-state index contributed by atoms with van der Waals surface area (Å²) in [5, 5.41) is 14.4. The molecule has 0 saturated heterocycles. The molecule has 1 atom stereocenters. The number of carbonyl (C=O) groups excluding carboxylic acids is 2. The molecular weight excluding hydrogens is 504 g/mol. The number of nitrogens with one attached hydrogen (secondary N) is 1. The number of aliphatic hydroxyl groups excluding tert-OH is 1. The predicted octanol–water partition coefficient (Wildman–Crippen LogP) is 3.16. The highest BCUT2D eigenvalue weighted by atomic mass is 35.5. The molecule has 208 valence electrons. The van der Waals surface area contributed by atoms with E-state index >= 15 is 0 Å². The molecular formula is C29H41ClN4O4. The zero-order valence-electron chi connectivity index (χ0n) is 23.3. The number of allylic oxidation sites excluding steroid dienone is 2. The third-order valence-corrected chi connectivity index (χ3v) is 6.57. The van der Waals surface area contributed by atoms with Crippen LogP contribution in [0.4, 0.5) is 0 Å². The van der Waals surface area contributed by atoms with Gasteiger partial charge in [-0.25, -0.2) is 4.79 Å². The summed E-state index contributed by atoms with van der Waals surface area (Å²) in [6, 6.07) is 7.57. The predicted molar refractivity (Wildman–Crippen MR) is 153 cm³/mol. The lowest BCUT2D eigenvalue weighted by molar-refractivity contribution is -0.136. The van der Waals surface area contributed by atoms with Crippen LogP contribution in [-0.4, -0.2) is 98.8 Å². The van der Waals surface area contributed by atoms with Crippen molar-refractivity contribution in [3.05, 3.63) is 81.7 Å². The zero-order chi connectivity index (χ0) is 28.2. The lowest BCUT2D eigenvalue weighted by Crippen LogP contribution is -2.34. The Bertz CT molecular complexity index is 1080. The first kappa shape index (κ1) is 31.1. The summed E-state index contributed by atoms with van der Waals surface area (Å²) in [6.45, 7) is 6.64. The van der Waals surface area contributed by atoms with Crippen molar-refractivity contribution in [2.45, 2.75) is 26.4 Å². The van der Waals surface area contributed by atoms with Gasteiger partial charge in [0.1, 0.15) is 5.16 Å². The minimum absolute atomic E-state index is 0.0928. The Morgan fingerprint density at radius 2 is 1.84 bits per heavy atom. The molecule has 9 heteroatoms. The highest BCUT2D eigenvalue weighted by Gasteiger charge is 2.19. The van der Waals surface area contributed by atoms with E-state index in [1.54, 1.807) is 24.1 Å². The van der Waals surface area contributed by atoms with Gasteiger partial charge in [0.05, 0.1) is 18.8 Å². The average molecular weight is 545 g/mol. The van der Waals surface area contributed by atoms with E-state index < -0.39 is 6.10 Å². The van der Waals surface area contributed by atoms with Gasteiger partial charge in [-0.3, -0.25) is 4.79 Å². The maximum Gasteiger partial charge on any atom is 0.335 e. The van der Waals surface area contributed by atoms with Crippen molar-refractivity contribution in [2.75, 3.05) is 61.0 Å². The zero-order valence-corrected chi connectivity index (χ0v) is 24.1. The van der Waals surface area contributed by atoms with Gasteiger partial charge in [0.15, 0.2) is 0 Å². The van der Waals surface area contributed by atoms with Crippen LogP contribution in [0.3, 0.4) is 0 Å². The summed E-state index contributed by atoms with van der Waals surface area (Å²) in [6.07, 6.45) is 7.60. The summed E-state index contributed by atoms with van der Waals surface area (Å²) in [4.78, 5) is 30.2. The first-order chi connectivity index (χ1) is 18.2. The number of methoxy groups -OCH3 is 1. The molecule has 1 aromatic rings. The number of benzene rings is 1. The Morgan fingerprint density at radius 1 is 1.16 bits per heavy atom. The van der Waals surface area contributed by atoms with E-state index in [0.29, 0.717) is 49.0 Å². The molecule has 1 unspecified atom stereocenters. The van der Waals surface area contributed by atoms with Crippen molar-refractivity contribution in [3.63, 3.8) is 0 Å². The van der Waals surface area contributed by atoms with Gasteiger partial charge in [-0.1, -0.05) is 43.7 Å². The molecule has 1 amide bonds. The molecule has 38 heavy (non-hydrogen) atoms. The molecule has 0 radical (unpaired) electrons. The van der Waals surface area contributed by atoms with Gasteiger partial charge in [-0.15, -0.1) is 0 Å². The van der Waals surface area contributed by atoms with E-state index in [9.17, 15) is 14.7 Å². The van der Waals surface area contributed by atoms with Crippen LogP contribution in [0, 0.1) is 0 Å². The van der Waals surface area contributed by atoms with Gasteiger partial charge in [0.25, 0.3) is 5.91 Å². The van der Waals surface area contributed by atoms with E-state index in [1.165, 1.54) is 7.11 Å². The number of ether oxygens (including phenoxy) is 1. The summed E-state index contributed by atoms with van der Waals surface area (Å²) in [5.74, 6) is -0.452. The highest BCUT2D eigenvalue weighted by molar-refractivity contribution is 6.29. The fourth-order valence-corrected chi connectivity index (χ4v) is 4.27. The van der Waals surface area contributed by atoms with Gasteiger partial charge in [-0.05, 0) is 54.0 Å². The fourth-order valence-electron chi connectivity index (χ4n) is 4.15. The lowest BCUT2D eigenvalue weighted by Gasteiger charge is -2.26. The van der Waals surface area contributed by atoms with Gasteiger partial charge in [-0.2, -0.15) is 0 Å². The van der Waals surface area contributed by atoms with E-state index in [-0.39, 0.29) is 11.9 Å².